The molecule has 1 aliphatic rings. The van der Waals surface area contributed by atoms with Crippen LogP contribution in [0.25, 0.3) is 0 Å². The zero-order chi connectivity index (χ0) is 13.5. The molecule has 2 nitrogen and oxygen atoms in total. The van der Waals surface area contributed by atoms with Gasteiger partial charge in [0.15, 0.2) is 0 Å². The van der Waals surface area contributed by atoms with E-state index in [9.17, 15) is 4.39 Å². The molecule has 1 fully saturated rings. The van der Waals surface area contributed by atoms with Gasteiger partial charge in [0.1, 0.15) is 5.82 Å². The van der Waals surface area contributed by atoms with Crippen molar-refractivity contribution < 1.29 is 9.13 Å². The summed E-state index contributed by atoms with van der Waals surface area (Å²) in [6, 6.07) is 7.41. The number of hydrogen-bond donors (Lipinski definition) is 1. The van der Waals surface area contributed by atoms with Gasteiger partial charge in [0.2, 0.25) is 0 Å². The Hall–Kier alpha value is -0.930. The highest BCUT2D eigenvalue weighted by Gasteiger charge is 2.23. The van der Waals surface area contributed by atoms with Crippen molar-refractivity contribution in [1.82, 2.24) is 5.32 Å². The molecule has 1 atom stereocenters. The van der Waals surface area contributed by atoms with E-state index in [1.165, 1.54) is 6.07 Å². The smallest absolute Gasteiger partial charge is 0.123 e. The Morgan fingerprint density at radius 1 is 1.37 bits per heavy atom. The summed E-state index contributed by atoms with van der Waals surface area (Å²) < 4.78 is 18.7. The van der Waals surface area contributed by atoms with Crippen LogP contribution in [0.3, 0.4) is 0 Å². The van der Waals surface area contributed by atoms with E-state index in [-0.39, 0.29) is 5.82 Å². The molecule has 2 rings (SSSR count). The molecule has 1 N–H and O–H groups in total. The van der Waals surface area contributed by atoms with Crippen LogP contribution in [-0.4, -0.2) is 25.8 Å². The third-order valence-corrected chi connectivity index (χ3v) is 3.84. The van der Waals surface area contributed by atoms with Crippen LogP contribution >= 0.6 is 0 Å². The number of ether oxygens (including phenoxy) is 1. The van der Waals surface area contributed by atoms with Gasteiger partial charge in [-0.25, -0.2) is 4.39 Å². The van der Waals surface area contributed by atoms with Crippen LogP contribution in [0.4, 0.5) is 4.39 Å². The van der Waals surface area contributed by atoms with Crippen LogP contribution in [-0.2, 0) is 11.2 Å². The summed E-state index contributed by atoms with van der Waals surface area (Å²) in [6.07, 6.45) is 4.25. The van der Waals surface area contributed by atoms with Gasteiger partial charge in [-0.1, -0.05) is 19.1 Å². The van der Waals surface area contributed by atoms with E-state index >= 15 is 0 Å². The fraction of sp³-hybridized carbons (Fsp3) is 0.625. The highest BCUT2D eigenvalue weighted by Crippen LogP contribution is 2.22. The molecule has 3 heteroatoms. The standard InChI is InChI=1S/C16H24FNO/c1-2-8-18-16(14-6-9-19-10-7-14)12-13-4-3-5-15(17)11-13/h3-5,11,14,16,18H,2,6-10,12H2,1H3. The molecule has 0 radical (unpaired) electrons. The van der Waals surface area contributed by atoms with Crippen molar-refractivity contribution in [2.24, 2.45) is 5.92 Å². The van der Waals surface area contributed by atoms with Crippen molar-refractivity contribution in [2.75, 3.05) is 19.8 Å². The second-order valence-corrected chi connectivity index (χ2v) is 5.34. The monoisotopic (exact) mass is 265 g/mol. The van der Waals surface area contributed by atoms with Gasteiger partial charge in [0, 0.05) is 19.3 Å². The molecule has 1 aromatic rings. The quantitative estimate of drug-likeness (QED) is 0.853. The van der Waals surface area contributed by atoms with Gasteiger partial charge in [-0.05, 0) is 55.8 Å². The van der Waals surface area contributed by atoms with E-state index in [4.69, 9.17) is 4.74 Å². The molecule has 106 valence electrons. The minimum Gasteiger partial charge on any atom is -0.381 e. The molecule has 19 heavy (non-hydrogen) atoms. The lowest BCUT2D eigenvalue weighted by Crippen LogP contribution is -2.41. The van der Waals surface area contributed by atoms with Crippen LogP contribution in [0.15, 0.2) is 24.3 Å². The SMILES string of the molecule is CCCNC(Cc1cccc(F)c1)C1CCOCC1. The fourth-order valence-electron chi connectivity index (χ4n) is 2.77. The molecule has 0 saturated carbocycles. The van der Waals surface area contributed by atoms with Crippen molar-refractivity contribution >= 4 is 0 Å². The maximum atomic E-state index is 13.3. The summed E-state index contributed by atoms with van der Waals surface area (Å²) >= 11 is 0. The molecular weight excluding hydrogens is 241 g/mol. The summed E-state index contributed by atoms with van der Waals surface area (Å²) in [5.41, 5.74) is 1.08. The molecule has 1 heterocycles. The summed E-state index contributed by atoms with van der Waals surface area (Å²) in [7, 11) is 0. The number of halogens is 1. The summed E-state index contributed by atoms with van der Waals surface area (Å²) in [4.78, 5) is 0. The van der Waals surface area contributed by atoms with Gasteiger partial charge in [0.05, 0.1) is 0 Å². The molecule has 0 aromatic heterocycles. The molecule has 0 aliphatic carbocycles. The van der Waals surface area contributed by atoms with Gasteiger partial charge in [-0.3, -0.25) is 0 Å². The van der Waals surface area contributed by atoms with Gasteiger partial charge < -0.3 is 10.1 Å². The second-order valence-electron chi connectivity index (χ2n) is 5.34. The Kier molecular flexibility index (Phi) is 5.80. The Bertz CT molecular complexity index is 377. The third kappa shape index (κ3) is 4.59. The maximum Gasteiger partial charge on any atom is 0.123 e. The van der Waals surface area contributed by atoms with Crippen LogP contribution in [0, 0.1) is 11.7 Å². The summed E-state index contributed by atoms with van der Waals surface area (Å²) in [5, 5.41) is 3.63. The lowest BCUT2D eigenvalue weighted by molar-refractivity contribution is 0.0537. The Labute approximate surface area is 115 Å². The molecular formula is C16H24FNO. The van der Waals surface area contributed by atoms with Gasteiger partial charge >= 0.3 is 0 Å². The molecule has 0 bridgehead atoms. The topological polar surface area (TPSA) is 21.3 Å². The Morgan fingerprint density at radius 3 is 2.84 bits per heavy atom. The van der Waals surface area contributed by atoms with Crippen molar-refractivity contribution in [1.29, 1.82) is 0 Å². The average Bonchev–Trinajstić information content (AvgIpc) is 2.44. The van der Waals surface area contributed by atoms with Gasteiger partial charge in [0.25, 0.3) is 0 Å². The number of nitrogens with one attached hydrogen (secondary N) is 1. The van der Waals surface area contributed by atoms with E-state index in [2.05, 4.69) is 12.2 Å². The summed E-state index contributed by atoms with van der Waals surface area (Å²) in [5.74, 6) is 0.502. The third-order valence-electron chi connectivity index (χ3n) is 3.84. The maximum absolute atomic E-state index is 13.3. The normalized spacial score (nSPS) is 18.4. The zero-order valence-electron chi connectivity index (χ0n) is 11.7. The first-order chi connectivity index (χ1) is 9.29. The van der Waals surface area contributed by atoms with Crippen LogP contribution in [0.5, 0.6) is 0 Å². The van der Waals surface area contributed by atoms with E-state index in [1.807, 2.05) is 6.07 Å². The highest BCUT2D eigenvalue weighted by atomic mass is 19.1. The Balaban J connectivity index is 1.99. The number of rotatable bonds is 6. The van der Waals surface area contributed by atoms with Crippen LogP contribution in [0.1, 0.15) is 31.7 Å². The molecule has 0 spiro atoms. The molecule has 1 saturated heterocycles. The summed E-state index contributed by atoms with van der Waals surface area (Å²) in [6.45, 7) is 4.92. The molecule has 0 amide bonds. The van der Waals surface area contributed by atoms with E-state index in [0.717, 1.165) is 51.0 Å². The number of benzene rings is 1. The molecule has 1 aliphatic heterocycles. The highest BCUT2D eigenvalue weighted by molar-refractivity contribution is 5.17. The predicted octanol–water partition coefficient (Wildman–Crippen LogP) is 3.16. The lowest BCUT2D eigenvalue weighted by Gasteiger charge is -2.31. The minimum absolute atomic E-state index is 0.140. The van der Waals surface area contributed by atoms with Crippen LogP contribution in [0.2, 0.25) is 0 Å². The first kappa shape index (κ1) is 14.5. The predicted molar refractivity (Wildman–Crippen MR) is 75.7 cm³/mol. The van der Waals surface area contributed by atoms with Crippen molar-refractivity contribution in [3.63, 3.8) is 0 Å². The largest absolute Gasteiger partial charge is 0.381 e. The van der Waals surface area contributed by atoms with Crippen molar-refractivity contribution in [3.05, 3.63) is 35.6 Å². The minimum atomic E-state index is -0.140. The number of hydrogen-bond acceptors (Lipinski definition) is 2. The zero-order valence-corrected chi connectivity index (χ0v) is 11.7. The second kappa shape index (κ2) is 7.61. The van der Waals surface area contributed by atoms with Gasteiger partial charge in [-0.2, -0.15) is 0 Å². The van der Waals surface area contributed by atoms with Gasteiger partial charge in [-0.15, -0.1) is 0 Å². The molecule has 1 aromatic carbocycles. The fourth-order valence-corrected chi connectivity index (χ4v) is 2.77. The lowest BCUT2D eigenvalue weighted by atomic mass is 9.87. The Morgan fingerprint density at radius 2 is 2.16 bits per heavy atom. The van der Waals surface area contributed by atoms with E-state index in [1.54, 1.807) is 12.1 Å². The molecule has 1 unspecified atom stereocenters. The van der Waals surface area contributed by atoms with Crippen molar-refractivity contribution in [2.45, 2.75) is 38.6 Å². The van der Waals surface area contributed by atoms with E-state index < -0.39 is 0 Å². The first-order valence-electron chi connectivity index (χ1n) is 7.35. The van der Waals surface area contributed by atoms with E-state index in [0.29, 0.717) is 12.0 Å². The van der Waals surface area contributed by atoms with Crippen LogP contribution < -0.4 is 5.32 Å². The van der Waals surface area contributed by atoms with Crippen molar-refractivity contribution in [3.8, 4) is 0 Å². The average molecular weight is 265 g/mol. The first-order valence-corrected chi connectivity index (χ1v) is 7.35.